The predicted octanol–water partition coefficient (Wildman–Crippen LogP) is 5.64. The lowest BCUT2D eigenvalue weighted by atomic mass is 9.93. The van der Waals surface area contributed by atoms with Gasteiger partial charge in [0.25, 0.3) is 0 Å². The highest BCUT2D eigenvalue weighted by Gasteiger charge is 2.20. The molecule has 5 rings (SSSR count). The van der Waals surface area contributed by atoms with Gasteiger partial charge in [-0.3, -0.25) is 9.20 Å². The third-order valence-electron chi connectivity index (χ3n) is 7.02. The molecule has 0 unspecified atom stereocenters. The molecule has 204 valence electrons. The lowest BCUT2D eigenvalue weighted by molar-refractivity contribution is -0.117. The molecule has 0 amide bonds. The first-order chi connectivity index (χ1) is 18.6. The number of carbonyl (C=O) groups excluding carboxylic acids is 1. The molecular weight excluding hydrogens is 508 g/mol. The number of ketones is 1. The summed E-state index contributed by atoms with van der Waals surface area (Å²) in [6, 6.07) is 14.2. The van der Waals surface area contributed by atoms with Crippen molar-refractivity contribution >= 4 is 38.2 Å². The molecule has 0 aliphatic rings. The Balaban J connectivity index is 1.25. The van der Waals surface area contributed by atoms with E-state index in [1.54, 1.807) is 11.3 Å². The monoisotopic (exact) mass is 544 g/mol. The van der Waals surface area contributed by atoms with E-state index in [0.29, 0.717) is 12.1 Å². The lowest BCUT2D eigenvalue weighted by Crippen LogP contribution is -2.30. The van der Waals surface area contributed by atoms with Gasteiger partial charge in [0.05, 0.1) is 23.3 Å². The van der Waals surface area contributed by atoms with E-state index in [1.165, 1.54) is 0 Å². The number of benzene rings is 1. The maximum Gasteiger partial charge on any atom is 0.196 e. The lowest BCUT2D eigenvalue weighted by Gasteiger charge is -2.21. The van der Waals surface area contributed by atoms with Crippen molar-refractivity contribution in [3.8, 4) is 11.3 Å². The van der Waals surface area contributed by atoms with Gasteiger partial charge in [0.15, 0.2) is 4.96 Å². The summed E-state index contributed by atoms with van der Waals surface area (Å²) in [6.07, 6.45) is 2.69. The number of imidazole rings is 1. The predicted molar refractivity (Wildman–Crippen MR) is 158 cm³/mol. The number of carbonyl (C=O) groups is 1. The van der Waals surface area contributed by atoms with Gasteiger partial charge in [-0.2, -0.15) is 0 Å². The van der Waals surface area contributed by atoms with Crippen molar-refractivity contribution < 1.29 is 9.32 Å². The molecule has 0 bridgehead atoms. The zero-order valence-corrected chi connectivity index (χ0v) is 24.4. The van der Waals surface area contributed by atoms with Gasteiger partial charge in [-0.15, -0.1) is 0 Å². The first-order valence-corrected chi connectivity index (χ1v) is 14.2. The first kappa shape index (κ1) is 27.0. The van der Waals surface area contributed by atoms with E-state index in [2.05, 4.69) is 79.5 Å². The summed E-state index contributed by atoms with van der Waals surface area (Å²) in [5.41, 5.74) is 4.51. The van der Waals surface area contributed by atoms with Crippen molar-refractivity contribution in [3.63, 3.8) is 0 Å². The molecule has 0 fully saturated rings. The Morgan fingerprint density at radius 2 is 1.79 bits per heavy atom. The van der Waals surface area contributed by atoms with Crippen LogP contribution in [-0.4, -0.2) is 63.9 Å². The van der Waals surface area contributed by atoms with Crippen LogP contribution in [0.5, 0.6) is 0 Å². The van der Waals surface area contributed by atoms with Gasteiger partial charge >= 0.3 is 0 Å². The van der Waals surface area contributed by atoms with E-state index in [9.17, 15) is 4.79 Å². The van der Waals surface area contributed by atoms with Crippen LogP contribution < -0.4 is 4.90 Å². The van der Waals surface area contributed by atoms with Crippen LogP contribution in [0.2, 0.25) is 0 Å². The molecular formula is C30H36N6O2S. The molecule has 8 nitrogen and oxygen atoms in total. The van der Waals surface area contributed by atoms with Crippen LogP contribution in [0, 0.1) is 0 Å². The van der Waals surface area contributed by atoms with Gasteiger partial charge < -0.3 is 14.3 Å². The number of Topliss-reactive ketones (excluding diaryl/α,β-unsaturated/α-hetero) is 1. The summed E-state index contributed by atoms with van der Waals surface area (Å²) in [5.74, 6) is 1.88. The molecule has 0 spiro atoms. The number of thiazole rings is 1. The van der Waals surface area contributed by atoms with Crippen molar-refractivity contribution in [1.29, 1.82) is 0 Å². The Morgan fingerprint density at radius 1 is 1.03 bits per heavy atom. The zero-order chi connectivity index (χ0) is 27.7. The minimum Gasteiger partial charge on any atom is -0.361 e. The molecule has 0 saturated carbocycles. The normalized spacial score (nSPS) is 12.2. The summed E-state index contributed by atoms with van der Waals surface area (Å²) in [4.78, 5) is 28.8. The second-order valence-electron chi connectivity index (χ2n) is 11.2. The Bertz CT molecular complexity index is 1590. The molecule has 0 radical (unpaired) electrons. The maximum absolute atomic E-state index is 12.6. The highest BCUT2D eigenvalue weighted by atomic mass is 32.1. The van der Waals surface area contributed by atoms with Crippen LogP contribution in [0.15, 0.2) is 53.2 Å². The minimum absolute atomic E-state index is 0.111. The van der Waals surface area contributed by atoms with Crippen molar-refractivity contribution in [2.24, 2.45) is 0 Å². The number of pyridine rings is 1. The third-order valence-corrected chi connectivity index (χ3v) is 7.99. The summed E-state index contributed by atoms with van der Waals surface area (Å²) in [7, 11) is 4.22. The van der Waals surface area contributed by atoms with E-state index in [1.807, 2.05) is 30.3 Å². The summed E-state index contributed by atoms with van der Waals surface area (Å²) in [6.45, 7) is 11.3. The van der Waals surface area contributed by atoms with E-state index < -0.39 is 0 Å². The second kappa shape index (κ2) is 10.9. The van der Waals surface area contributed by atoms with Gasteiger partial charge in [0, 0.05) is 49.8 Å². The number of fused-ring (bicyclic) bond motifs is 3. The molecule has 0 N–H and O–H groups in total. The van der Waals surface area contributed by atoms with Gasteiger partial charge in [-0.25, -0.2) is 9.97 Å². The van der Waals surface area contributed by atoms with Crippen molar-refractivity contribution in [2.45, 2.75) is 46.0 Å². The van der Waals surface area contributed by atoms with Gasteiger partial charge in [-0.1, -0.05) is 68.5 Å². The molecule has 9 heteroatoms. The third kappa shape index (κ3) is 6.04. The Hall–Kier alpha value is -3.56. The largest absolute Gasteiger partial charge is 0.361 e. The van der Waals surface area contributed by atoms with Crippen LogP contribution in [0.25, 0.3) is 26.6 Å². The summed E-state index contributed by atoms with van der Waals surface area (Å²) in [5, 5.41) is 4.07. The SMILES string of the molecule is CCN(C)CCN(C)c1ccc2c(n1)sc1nc(-c3ccc(CC(=O)Cc4cc(C(C)(C)C)on4)cc3)cn12. The van der Waals surface area contributed by atoms with Crippen molar-refractivity contribution in [1.82, 2.24) is 24.4 Å². The topological polar surface area (TPSA) is 79.8 Å². The Kier molecular flexibility index (Phi) is 7.55. The van der Waals surface area contributed by atoms with Crippen LogP contribution in [0.3, 0.4) is 0 Å². The number of rotatable bonds is 10. The van der Waals surface area contributed by atoms with E-state index in [-0.39, 0.29) is 17.6 Å². The highest BCUT2D eigenvalue weighted by molar-refractivity contribution is 7.23. The number of likely N-dealkylation sites (N-methyl/N-ethyl adjacent to an activating group) is 2. The Labute approximate surface area is 233 Å². The first-order valence-electron chi connectivity index (χ1n) is 13.4. The quantitative estimate of drug-likeness (QED) is 0.225. The molecule has 4 aromatic heterocycles. The van der Waals surface area contributed by atoms with Gasteiger partial charge in [0.2, 0.25) is 0 Å². The molecule has 5 aromatic rings. The smallest absolute Gasteiger partial charge is 0.196 e. The van der Waals surface area contributed by atoms with Crippen molar-refractivity contribution in [2.75, 3.05) is 38.6 Å². The molecule has 0 atom stereocenters. The van der Waals surface area contributed by atoms with Crippen LogP contribution in [0.4, 0.5) is 5.82 Å². The second-order valence-corrected chi connectivity index (χ2v) is 12.2. The van der Waals surface area contributed by atoms with E-state index >= 15 is 0 Å². The van der Waals surface area contributed by atoms with E-state index in [4.69, 9.17) is 14.5 Å². The minimum atomic E-state index is -0.125. The number of nitrogens with zero attached hydrogens (tertiary/aromatic N) is 6. The number of anilines is 1. The number of hydrogen-bond donors (Lipinski definition) is 0. The zero-order valence-electron chi connectivity index (χ0n) is 23.6. The van der Waals surface area contributed by atoms with Crippen LogP contribution >= 0.6 is 11.3 Å². The fraction of sp³-hybridized carbons (Fsp3) is 0.400. The van der Waals surface area contributed by atoms with E-state index in [0.717, 1.165) is 63.3 Å². The average molecular weight is 545 g/mol. The Morgan fingerprint density at radius 3 is 2.49 bits per heavy atom. The summed E-state index contributed by atoms with van der Waals surface area (Å²) >= 11 is 1.60. The summed E-state index contributed by atoms with van der Waals surface area (Å²) < 4.78 is 7.52. The average Bonchev–Trinajstić information content (AvgIpc) is 3.62. The fourth-order valence-corrected chi connectivity index (χ4v) is 5.33. The molecule has 4 heterocycles. The van der Waals surface area contributed by atoms with Gasteiger partial charge in [-0.05, 0) is 31.3 Å². The van der Waals surface area contributed by atoms with Gasteiger partial charge in [0.1, 0.15) is 22.2 Å². The molecule has 39 heavy (non-hydrogen) atoms. The fourth-order valence-electron chi connectivity index (χ4n) is 4.36. The standard InChI is InChI=1S/C30H36N6O2S/c1-7-34(5)14-15-35(6)27-13-12-25-28(32-27)39-29-31-24(19-36(25)29)21-10-8-20(9-11-21)16-23(37)17-22-18-26(38-33-22)30(2,3)4/h8-13,18-19H,7,14-17H2,1-6H3. The molecule has 0 saturated heterocycles. The molecule has 0 aliphatic heterocycles. The highest BCUT2D eigenvalue weighted by Crippen LogP contribution is 2.30. The van der Waals surface area contributed by atoms with Crippen LogP contribution in [-0.2, 0) is 23.1 Å². The number of hydrogen-bond acceptors (Lipinski definition) is 8. The maximum atomic E-state index is 12.6. The number of aromatic nitrogens is 4. The molecule has 1 aromatic carbocycles. The van der Waals surface area contributed by atoms with Crippen LogP contribution in [0.1, 0.15) is 44.7 Å². The van der Waals surface area contributed by atoms with Crippen molar-refractivity contribution in [3.05, 3.63) is 65.7 Å². The molecule has 0 aliphatic carbocycles.